The van der Waals surface area contributed by atoms with E-state index in [0.717, 1.165) is 9.35 Å². The van der Waals surface area contributed by atoms with Crippen molar-refractivity contribution >= 4 is 27.3 Å². The van der Waals surface area contributed by atoms with E-state index in [9.17, 15) is 4.39 Å². The van der Waals surface area contributed by atoms with Gasteiger partial charge in [-0.2, -0.15) is 0 Å². The van der Waals surface area contributed by atoms with Crippen LogP contribution in [0.1, 0.15) is 17.2 Å². The molecule has 1 nitrogen and oxygen atoms in total. The van der Waals surface area contributed by atoms with Crippen LogP contribution in [0.5, 0.6) is 0 Å². The van der Waals surface area contributed by atoms with Crippen molar-refractivity contribution in [1.82, 2.24) is 0 Å². The normalized spacial score (nSPS) is 12.7. The van der Waals surface area contributed by atoms with E-state index in [1.807, 2.05) is 11.4 Å². The van der Waals surface area contributed by atoms with Gasteiger partial charge < -0.3 is 5.73 Å². The highest BCUT2D eigenvalue weighted by atomic mass is 79.9. The quantitative estimate of drug-likeness (QED) is 0.895. The van der Waals surface area contributed by atoms with Crippen molar-refractivity contribution in [2.45, 2.75) is 6.04 Å². The summed E-state index contributed by atoms with van der Waals surface area (Å²) in [7, 11) is 0. The molecule has 0 saturated carbocycles. The third-order valence-electron chi connectivity index (χ3n) is 2.19. The second-order valence-corrected chi connectivity index (χ2v) is 5.47. The highest BCUT2D eigenvalue weighted by Gasteiger charge is 2.13. The van der Waals surface area contributed by atoms with Crippen LogP contribution in [-0.4, -0.2) is 0 Å². The maximum absolute atomic E-state index is 13.4. The van der Waals surface area contributed by atoms with E-state index in [4.69, 9.17) is 5.73 Å². The van der Waals surface area contributed by atoms with E-state index in [0.29, 0.717) is 5.56 Å². The van der Waals surface area contributed by atoms with Gasteiger partial charge in [-0.1, -0.05) is 18.2 Å². The molecule has 0 amide bonds. The highest BCUT2D eigenvalue weighted by Crippen LogP contribution is 2.28. The van der Waals surface area contributed by atoms with Crippen molar-refractivity contribution < 1.29 is 4.39 Å². The maximum atomic E-state index is 13.4. The third-order valence-corrected chi connectivity index (χ3v) is 3.71. The van der Waals surface area contributed by atoms with Crippen LogP contribution in [0, 0.1) is 5.82 Å². The van der Waals surface area contributed by atoms with Gasteiger partial charge in [-0.25, -0.2) is 4.39 Å². The Kier molecular flexibility index (Phi) is 3.19. The van der Waals surface area contributed by atoms with E-state index in [1.54, 1.807) is 29.5 Å². The summed E-state index contributed by atoms with van der Waals surface area (Å²) in [6.45, 7) is 0. The van der Waals surface area contributed by atoms with Gasteiger partial charge in [0.05, 0.1) is 9.83 Å². The highest BCUT2D eigenvalue weighted by molar-refractivity contribution is 9.11. The van der Waals surface area contributed by atoms with Crippen molar-refractivity contribution in [2.75, 3.05) is 0 Å². The van der Waals surface area contributed by atoms with Crippen LogP contribution in [0.25, 0.3) is 0 Å². The molecule has 1 heterocycles. The van der Waals surface area contributed by atoms with Gasteiger partial charge in [0, 0.05) is 5.56 Å². The van der Waals surface area contributed by atoms with Crippen molar-refractivity contribution in [3.05, 3.63) is 56.4 Å². The van der Waals surface area contributed by atoms with E-state index < -0.39 is 6.04 Å². The first-order chi connectivity index (χ1) is 7.18. The fraction of sp³-hybridized carbons (Fsp3) is 0.0909. The number of thiophene rings is 1. The smallest absolute Gasteiger partial charge is 0.128 e. The third kappa shape index (κ3) is 2.27. The molecule has 0 aliphatic rings. The predicted molar refractivity (Wildman–Crippen MR) is 64.4 cm³/mol. The Bertz CT molecular complexity index is 469. The zero-order valence-electron chi connectivity index (χ0n) is 7.78. The Balaban J connectivity index is 2.36. The number of nitrogens with two attached hydrogens (primary N) is 1. The lowest BCUT2D eigenvalue weighted by molar-refractivity contribution is 0.600. The van der Waals surface area contributed by atoms with Gasteiger partial charge >= 0.3 is 0 Å². The summed E-state index contributed by atoms with van der Waals surface area (Å²) >= 11 is 4.91. The molecule has 0 fully saturated rings. The second-order valence-electron chi connectivity index (χ2n) is 3.18. The van der Waals surface area contributed by atoms with Crippen LogP contribution < -0.4 is 5.73 Å². The van der Waals surface area contributed by atoms with Crippen LogP contribution in [0.3, 0.4) is 0 Å². The van der Waals surface area contributed by atoms with Gasteiger partial charge in [0.2, 0.25) is 0 Å². The molecule has 1 atom stereocenters. The Labute approximate surface area is 99.9 Å². The first-order valence-corrected chi connectivity index (χ1v) is 6.09. The van der Waals surface area contributed by atoms with Gasteiger partial charge in [-0.15, -0.1) is 11.3 Å². The van der Waals surface area contributed by atoms with Crippen LogP contribution in [0.15, 0.2) is 39.5 Å². The fourth-order valence-corrected chi connectivity index (χ4v) is 2.61. The van der Waals surface area contributed by atoms with E-state index in [1.165, 1.54) is 6.07 Å². The molecule has 4 heteroatoms. The van der Waals surface area contributed by atoms with Crippen LogP contribution in [0.4, 0.5) is 4.39 Å². The second kappa shape index (κ2) is 4.43. The molecular formula is C11H9BrFNS. The molecule has 1 aromatic heterocycles. The first kappa shape index (κ1) is 10.8. The van der Waals surface area contributed by atoms with Crippen LogP contribution in [0.2, 0.25) is 0 Å². The number of hydrogen-bond acceptors (Lipinski definition) is 2. The lowest BCUT2D eigenvalue weighted by atomic mass is 10.0. The molecule has 0 saturated heterocycles. The summed E-state index contributed by atoms with van der Waals surface area (Å²) in [5.74, 6) is -0.257. The molecular weight excluding hydrogens is 277 g/mol. The number of benzene rings is 1. The lowest BCUT2D eigenvalue weighted by Gasteiger charge is -2.10. The molecule has 0 radical (unpaired) electrons. The first-order valence-electron chi connectivity index (χ1n) is 4.42. The van der Waals surface area contributed by atoms with Gasteiger partial charge in [0.25, 0.3) is 0 Å². The number of halogens is 2. The Hall–Kier alpha value is -0.710. The average Bonchev–Trinajstić information content (AvgIpc) is 2.65. The molecule has 1 aromatic carbocycles. The summed E-state index contributed by atoms with van der Waals surface area (Å²) < 4.78 is 14.4. The van der Waals surface area contributed by atoms with Gasteiger partial charge in [-0.3, -0.25) is 0 Å². The molecule has 0 bridgehead atoms. The molecule has 0 aliphatic heterocycles. The average molecular weight is 286 g/mol. The molecule has 15 heavy (non-hydrogen) atoms. The Morgan fingerprint density at radius 1 is 1.33 bits per heavy atom. The number of rotatable bonds is 2. The molecule has 78 valence electrons. The zero-order chi connectivity index (χ0) is 10.8. The van der Waals surface area contributed by atoms with Crippen LogP contribution >= 0.6 is 27.3 Å². The summed E-state index contributed by atoms with van der Waals surface area (Å²) in [4.78, 5) is 0. The topological polar surface area (TPSA) is 26.0 Å². The monoisotopic (exact) mass is 285 g/mol. The van der Waals surface area contributed by atoms with E-state index in [-0.39, 0.29) is 5.82 Å². The van der Waals surface area contributed by atoms with E-state index >= 15 is 0 Å². The summed E-state index contributed by atoms with van der Waals surface area (Å²) in [5, 5.41) is 1.93. The standard InChI is InChI=1S/C11H9BrFNS/c12-10-5-7(6-15-10)11(14)8-3-1-2-4-9(8)13/h1-6,11H,14H2. The zero-order valence-corrected chi connectivity index (χ0v) is 10.2. The molecule has 1 unspecified atom stereocenters. The Morgan fingerprint density at radius 2 is 2.07 bits per heavy atom. The van der Waals surface area contributed by atoms with Gasteiger partial charge in [0.15, 0.2) is 0 Å². The fourth-order valence-electron chi connectivity index (χ4n) is 1.39. The SMILES string of the molecule is NC(c1csc(Br)c1)c1ccccc1F. The molecule has 2 aromatic rings. The summed E-state index contributed by atoms with van der Waals surface area (Å²) in [6.07, 6.45) is 0. The van der Waals surface area contributed by atoms with E-state index in [2.05, 4.69) is 15.9 Å². The summed E-state index contributed by atoms with van der Waals surface area (Å²) in [6, 6.07) is 8.12. The molecule has 0 aliphatic carbocycles. The van der Waals surface area contributed by atoms with Crippen LogP contribution in [-0.2, 0) is 0 Å². The molecule has 2 rings (SSSR count). The molecule has 2 N–H and O–H groups in total. The Morgan fingerprint density at radius 3 is 2.67 bits per heavy atom. The minimum absolute atomic E-state index is 0.257. The van der Waals surface area contributed by atoms with Crippen molar-refractivity contribution in [3.63, 3.8) is 0 Å². The number of hydrogen-bond donors (Lipinski definition) is 1. The maximum Gasteiger partial charge on any atom is 0.128 e. The largest absolute Gasteiger partial charge is 0.320 e. The van der Waals surface area contributed by atoms with Crippen molar-refractivity contribution in [3.8, 4) is 0 Å². The minimum Gasteiger partial charge on any atom is -0.320 e. The van der Waals surface area contributed by atoms with Crippen molar-refractivity contribution in [1.29, 1.82) is 0 Å². The van der Waals surface area contributed by atoms with Crippen molar-refractivity contribution in [2.24, 2.45) is 5.73 Å². The summed E-state index contributed by atoms with van der Waals surface area (Å²) in [5.41, 5.74) is 7.43. The van der Waals surface area contributed by atoms with Gasteiger partial charge in [0.1, 0.15) is 5.82 Å². The van der Waals surface area contributed by atoms with Gasteiger partial charge in [-0.05, 0) is 39.0 Å². The minimum atomic E-state index is -0.395. The predicted octanol–water partition coefficient (Wildman–Crippen LogP) is 3.70. The lowest BCUT2D eigenvalue weighted by Crippen LogP contribution is -2.12. The molecule has 0 spiro atoms.